The van der Waals surface area contributed by atoms with E-state index < -0.39 is 0 Å². The Bertz CT molecular complexity index is 794. The van der Waals surface area contributed by atoms with Crippen LogP contribution in [0.4, 0.5) is 0 Å². The summed E-state index contributed by atoms with van der Waals surface area (Å²) in [5.41, 5.74) is 1.59. The van der Waals surface area contributed by atoms with Crippen molar-refractivity contribution < 1.29 is 19.0 Å². The SMILES string of the molecule is CCOc1cc(-c2ccc(OC)cc2)[o+]c2ccc(O)cc12. The average Bonchev–Trinajstić information content (AvgIpc) is 2.55. The van der Waals surface area contributed by atoms with E-state index in [-0.39, 0.29) is 5.75 Å². The van der Waals surface area contributed by atoms with Crippen LogP contribution in [-0.4, -0.2) is 18.8 Å². The Morgan fingerprint density at radius 3 is 2.50 bits per heavy atom. The van der Waals surface area contributed by atoms with Gasteiger partial charge in [-0.1, -0.05) is 0 Å². The van der Waals surface area contributed by atoms with Crippen LogP contribution in [0.2, 0.25) is 0 Å². The molecule has 4 heteroatoms. The Hall–Kier alpha value is -2.75. The van der Waals surface area contributed by atoms with Crippen LogP contribution in [0.15, 0.2) is 52.9 Å². The molecule has 1 heterocycles. The first-order valence-corrected chi connectivity index (χ1v) is 7.08. The number of hydrogen-bond donors (Lipinski definition) is 1. The van der Waals surface area contributed by atoms with Crippen LogP contribution in [0, 0.1) is 0 Å². The first-order valence-electron chi connectivity index (χ1n) is 7.08. The first-order chi connectivity index (χ1) is 10.7. The van der Waals surface area contributed by atoms with Crippen LogP contribution in [0.1, 0.15) is 6.92 Å². The fourth-order valence-corrected chi connectivity index (χ4v) is 2.32. The highest BCUT2D eigenvalue weighted by atomic mass is 16.5. The van der Waals surface area contributed by atoms with Crippen LogP contribution < -0.4 is 9.47 Å². The van der Waals surface area contributed by atoms with Crippen molar-refractivity contribution in [2.45, 2.75) is 6.92 Å². The molecular formula is C18H17O4+. The minimum absolute atomic E-state index is 0.181. The molecule has 22 heavy (non-hydrogen) atoms. The van der Waals surface area contributed by atoms with Gasteiger partial charge in [0.05, 0.1) is 25.3 Å². The van der Waals surface area contributed by atoms with Crippen molar-refractivity contribution >= 4 is 11.0 Å². The minimum atomic E-state index is 0.181. The van der Waals surface area contributed by atoms with Gasteiger partial charge in [0.25, 0.3) is 0 Å². The van der Waals surface area contributed by atoms with Gasteiger partial charge < -0.3 is 14.6 Å². The summed E-state index contributed by atoms with van der Waals surface area (Å²) in [6, 6.07) is 14.4. The third-order valence-corrected chi connectivity index (χ3v) is 3.39. The molecule has 3 rings (SSSR count). The van der Waals surface area contributed by atoms with Gasteiger partial charge in [0.1, 0.15) is 22.6 Å². The third kappa shape index (κ3) is 2.68. The summed E-state index contributed by atoms with van der Waals surface area (Å²) in [4.78, 5) is 0. The molecule has 2 aromatic carbocycles. The van der Waals surface area contributed by atoms with Crippen molar-refractivity contribution in [2.75, 3.05) is 13.7 Å². The van der Waals surface area contributed by atoms with Crippen LogP contribution >= 0.6 is 0 Å². The average molecular weight is 297 g/mol. The molecule has 0 radical (unpaired) electrons. The van der Waals surface area contributed by atoms with E-state index in [2.05, 4.69) is 0 Å². The maximum atomic E-state index is 9.66. The zero-order valence-electron chi connectivity index (χ0n) is 12.5. The summed E-state index contributed by atoms with van der Waals surface area (Å²) >= 11 is 0. The van der Waals surface area contributed by atoms with Crippen molar-refractivity contribution in [3.8, 4) is 28.6 Å². The van der Waals surface area contributed by atoms with Crippen LogP contribution in [-0.2, 0) is 0 Å². The van der Waals surface area contributed by atoms with E-state index in [4.69, 9.17) is 13.9 Å². The largest absolute Gasteiger partial charge is 0.508 e. The Kier molecular flexibility index (Phi) is 3.83. The number of phenolic OH excluding ortho intramolecular Hbond substituents is 1. The lowest BCUT2D eigenvalue weighted by molar-refractivity contribution is 0.342. The van der Waals surface area contributed by atoms with Gasteiger partial charge in [-0.2, -0.15) is 0 Å². The van der Waals surface area contributed by atoms with Crippen LogP contribution in [0.5, 0.6) is 17.2 Å². The van der Waals surface area contributed by atoms with Gasteiger partial charge in [0, 0.05) is 12.1 Å². The van der Waals surface area contributed by atoms with Gasteiger partial charge in [-0.3, -0.25) is 0 Å². The van der Waals surface area contributed by atoms with Crippen LogP contribution in [0.3, 0.4) is 0 Å². The molecule has 0 saturated carbocycles. The molecule has 1 aromatic heterocycles. The smallest absolute Gasteiger partial charge is 0.364 e. The molecular weight excluding hydrogens is 280 g/mol. The standard InChI is InChI=1S/C18H16O4/c1-3-21-18-11-17(12-4-7-14(20-2)8-5-12)22-16-9-6-13(19)10-15(16)18/h4-11H,3H2,1-2H3/p+1. The number of phenols is 1. The first kappa shape index (κ1) is 14.2. The second-order valence-corrected chi connectivity index (χ2v) is 4.82. The molecule has 0 unspecified atom stereocenters. The van der Waals surface area contributed by atoms with Crippen molar-refractivity contribution in [3.05, 3.63) is 48.5 Å². The second kappa shape index (κ2) is 5.93. The van der Waals surface area contributed by atoms with Gasteiger partial charge in [0.15, 0.2) is 0 Å². The van der Waals surface area contributed by atoms with E-state index in [1.165, 1.54) is 0 Å². The highest BCUT2D eigenvalue weighted by Crippen LogP contribution is 2.35. The summed E-state index contributed by atoms with van der Waals surface area (Å²) in [6.45, 7) is 2.46. The minimum Gasteiger partial charge on any atom is -0.508 e. The molecule has 3 aromatic rings. The monoisotopic (exact) mass is 297 g/mol. The second-order valence-electron chi connectivity index (χ2n) is 4.82. The Labute approximate surface area is 128 Å². The van der Waals surface area contributed by atoms with Gasteiger partial charge in [-0.05, 0) is 37.3 Å². The topological polar surface area (TPSA) is 50.0 Å². The highest BCUT2D eigenvalue weighted by molar-refractivity contribution is 5.86. The summed E-state index contributed by atoms with van der Waals surface area (Å²) in [7, 11) is 1.63. The number of ether oxygens (including phenoxy) is 2. The van der Waals surface area contributed by atoms with Gasteiger partial charge in [-0.15, -0.1) is 0 Å². The molecule has 0 aliphatic carbocycles. The lowest BCUT2D eigenvalue weighted by Gasteiger charge is -2.04. The molecule has 112 valence electrons. The van der Waals surface area contributed by atoms with E-state index >= 15 is 0 Å². The van der Waals surface area contributed by atoms with E-state index in [0.717, 1.165) is 16.7 Å². The number of aromatic hydroxyl groups is 1. The predicted molar refractivity (Wildman–Crippen MR) is 85.4 cm³/mol. The van der Waals surface area contributed by atoms with Gasteiger partial charge >= 0.3 is 11.3 Å². The van der Waals surface area contributed by atoms with E-state index in [9.17, 15) is 5.11 Å². The lowest BCUT2D eigenvalue weighted by atomic mass is 10.1. The lowest BCUT2D eigenvalue weighted by Crippen LogP contribution is -1.93. The molecule has 0 atom stereocenters. The molecule has 1 N–H and O–H groups in total. The number of benzene rings is 2. The van der Waals surface area contributed by atoms with Crippen LogP contribution in [0.25, 0.3) is 22.3 Å². The Morgan fingerprint density at radius 2 is 1.82 bits per heavy atom. The fourth-order valence-electron chi connectivity index (χ4n) is 2.32. The number of methoxy groups -OCH3 is 1. The summed E-state index contributed by atoms with van der Waals surface area (Å²) in [5, 5.41) is 10.4. The van der Waals surface area contributed by atoms with Crippen molar-refractivity contribution in [3.63, 3.8) is 0 Å². The fraction of sp³-hybridized carbons (Fsp3) is 0.167. The quantitative estimate of drug-likeness (QED) is 0.721. The van der Waals surface area contributed by atoms with Crippen molar-refractivity contribution in [1.82, 2.24) is 0 Å². The predicted octanol–water partition coefficient (Wildman–Crippen LogP) is 4.49. The molecule has 0 aliphatic rings. The zero-order chi connectivity index (χ0) is 15.5. The van der Waals surface area contributed by atoms with E-state index in [0.29, 0.717) is 23.7 Å². The molecule has 4 nitrogen and oxygen atoms in total. The van der Waals surface area contributed by atoms with E-state index in [1.807, 2.05) is 37.3 Å². The summed E-state index contributed by atoms with van der Waals surface area (Å²) in [5.74, 6) is 2.36. The van der Waals surface area contributed by atoms with E-state index in [1.54, 1.807) is 25.3 Å². The third-order valence-electron chi connectivity index (χ3n) is 3.39. The molecule has 0 saturated heterocycles. The summed E-state index contributed by atoms with van der Waals surface area (Å²) < 4.78 is 16.8. The maximum Gasteiger partial charge on any atom is 0.364 e. The normalized spacial score (nSPS) is 10.6. The maximum absolute atomic E-state index is 9.66. The number of fused-ring (bicyclic) bond motifs is 1. The molecule has 0 amide bonds. The molecule has 0 fully saturated rings. The molecule has 0 aliphatic heterocycles. The number of rotatable bonds is 4. The van der Waals surface area contributed by atoms with Gasteiger partial charge in [0.2, 0.25) is 0 Å². The van der Waals surface area contributed by atoms with Crippen molar-refractivity contribution in [1.29, 1.82) is 0 Å². The van der Waals surface area contributed by atoms with Crippen molar-refractivity contribution in [2.24, 2.45) is 0 Å². The molecule has 0 spiro atoms. The number of hydrogen-bond acceptors (Lipinski definition) is 3. The Morgan fingerprint density at radius 1 is 1.05 bits per heavy atom. The zero-order valence-corrected chi connectivity index (χ0v) is 12.5. The van der Waals surface area contributed by atoms with Gasteiger partial charge in [-0.25, -0.2) is 4.42 Å². The summed E-state index contributed by atoms with van der Waals surface area (Å²) in [6.07, 6.45) is 0. The Balaban J connectivity index is 2.15. The highest BCUT2D eigenvalue weighted by Gasteiger charge is 2.20. The molecule has 0 bridgehead atoms.